The third kappa shape index (κ3) is 1.74. The number of hydrogen-bond acceptors (Lipinski definition) is 3. The maximum Gasteiger partial charge on any atom is 0.207 e. The first-order valence-electron chi connectivity index (χ1n) is 5.20. The van der Waals surface area contributed by atoms with Crippen molar-refractivity contribution < 1.29 is 4.39 Å². The Hall–Kier alpha value is -1.95. The molecule has 2 heterocycles. The van der Waals surface area contributed by atoms with E-state index in [1.807, 2.05) is 6.07 Å². The van der Waals surface area contributed by atoms with Crippen molar-refractivity contribution in [3.63, 3.8) is 0 Å². The second-order valence-electron chi connectivity index (χ2n) is 3.78. The third-order valence-electron chi connectivity index (χ3n) is 2.56. The molecule has 6 heteroatoms. The standard InChI is InChI=1S/C12H8BrFN4/c13-7-4-10-11(16-6-7)18(12(15)17-10)9-3-1-2-8(14)5-9/h1-6H,(H2,15,17). The maximum atomic E-state index is 13.3. The SMILES string of the molecule is Nc1nc2cc(Br)cnc2n1-c1cccc(F)c1. The van der Waals surface area contributed by atoms with E-state index in [1.54, 1.807) is 22.9 Å². The van der Waals surface area contributed by atoms with Gasteiger partial charge in [0.1, 0.15) is 11.3 Å². The largest absolute Gasteiger partial charge is 0.369 e. The molecule has 0 aliphatic carbocycles. The monoisotopic (exact) mass is 306 g/mol. The smallest absolute Gasteiger partial charge is 0.207 e. The van der Waals surface area contributed by atoms with Crippen LogP contribution in [0.3, 0.4) is 0 Å². The minimum Gasteiger partial charge on any atom is -0.369 e. The Morgan fingerprint density at radius 3 is 2.89 bits per heavy atom. The molecule has 0 amide bonds. The number of nitrogen functional groups attached to an aromatic ring is 1. The van der Waals surface area contributed by atoms with Crippen molar-refractivity contribution in [3.05, 3.63) is 46.8 Å². The topological polar surface area (TPSA) is 56.7 Å². The predicted molar refractivity (Wildman–Crippen MR) is 70.9 cm³/mol. The van der Waals surface area contributed by atoms with E-state index in [9.17, 15) is 4.39 Å². The first-order valence-corrected chi connectivity index (χ1v) is 6.00. The molecule has 0 radical (unpaired) electrons. The molecule has 0 bridgehead atoms. The molecule has 0 spiro atoms. The summed E-state index contributed by atoms with van der Waals surface area (Å²) in [5.74, 6) is -0.0490. The van der Waals surface area contributed by atoms with E-state index in [-0.39, 0.29) is 11.8 Å². The van der Waals surface area contributed by atoms with Gasteiger partial charge in [-0.05, 0) is 40.2 Å². The summed E-state index contributed by atoms with van der Waals surface area (Å²) in [4.78, 5) is 8.46. The second-order valence-corrected chi connectivity index (χ2v) is 4.70. The number of anilines is 1. The lowest BCUT2D eigenvalue weighted by molar-refractivity contribution is 0.627. The molecular weight excluding hydrogens is 299 g/mol. The lowest BCUT2D eigenvalue weighted by atomic mass is 10.3. The van der Waals surface area contributed by atoms with Crippen LogP contribution in [0.15, 0.2) is 41.0 Å². The lowest BCUT2D eigenvalue weighted by Gasteiger charge is -2.05. The zero-order valence-electron chi connectivity index (χ0n) is 9.14. The van der Waals surface area contributed by atoms with Crippen molar-refractivity contribution in [2.75, 3.05) is 5.73 Å². The molecule has 1 aromatic carbocycles. The molecule has 2 aromatic heterocycles. The molecule has 0 fully saturated rings. The fourth-order valence-electron chi connectivity index (χ4n) is 1.83. The van der Waals surface area contributed by atoms with Crippen LogP contribution in [0.25, 0.3) is 16.9 Å². The molecular formula is C12H8BrFN4. The van der Waals surface area contributed by atoms with Gasteiger partial charge in [0.15, 0.2) is 5.65 Å². The van der Waals surface area contributed by atoms with E-state index in [2.05, 4.69) is 25.9 Å². The highest BCUT2D eigenvalue weighted by Crippen LogP contribution is 2.23. The molecule has 0 aliphatic rings. The Morgan fingerprint density at radius 2 is 2.11 bits per heavy atom. The fraction of sp³-hybridized carbons (Fsp3) is 0. The Bertz CT molecular complexity index is 738. The number of fused-ring (bicyclic) bond motifs is 1. The third-order valence-corrected chi connectivity index (χ3v) is 2.99. The van der Waals surface area contributed by atoms with Crippen LogP contribution < -0.4 is 5.73 Å². The first-order chi connectivity index (χ1) is 8.65. The highest BCUT2D eigenvalue weighted by atomic mass is 79.9. The average Bonchev–Trinajstić information content (AvgIpc) is 2.64. The van der Waals surface area contributed by atoms with Gasteiger partial charge in [0.25, 0.3) is 0 Å². The molecule has 90 valence electrons. The maximum absolute atomic E-state index is 13.3. The number of nitrogens with zero attached hydrogens (tertiary/aromatic N) is 3. The summed E-state index contributed by atoms with van der Waals surface area (Å²) in [6.07, 6.45) is 1.65. The van der Waals surface area contributed by atoms with E-state index in [0.29, 0.717) is 16.9 Å². The second kappa shape index (κ2) is 4.06. The number of halogens is 2. The summed E-state index contributed by atoms with van der Waals surface area (Å²) in [6.45, 7) is 0. The van der Waals surface area contributed by atoms with Crippen LogP contribution >= 0.6 is 15.9 Å². The Labute approximate surface area is 110 Å². The van der Waals surface area contributed by atoms with E-state index >= 15 is 0 Å². The van der Waals surface area contributed by atoms with Crippen molar-refractivity contribution >= 4 is 33.0 Å². The Kier molecular flexibility index (Phi) is 2.52. The van der Waals surface area contributed by atoms with Crippen LogP contribution in [-0.2, 0) is 0 Å². The van der Waals surface area contributed by atoms with Crippen molar-refractivity contribution in [2.24, 2.45) is 0 Å². The molecule has 0 atom stereocenters. The van der Waals surface area contributed by atoms with Crippen LogP contribution in [0.4, 0.5) is 10.3 Å². The van der Waals surface area contributed by atoms with Crippen LogP contribution in [0.5, 0.6) is 0 Å². The number of rotatable bonds is 1. The summed E-state index contributed by atoms with van der Waals surface area (Å²) in [6, 6.07) is 7.96. The molecule has 0 saturated heterocycles. The Balaban J connectivity index is 2.32. The molecule has 0 unspecified atom stereocenters. The lowest BCUT2D eigenvalue weighted by Crippen LogP contribution is -2.01. The number of nitrogens with two attached hydrogens (primary N) is 1. The summed E-state index contributed by atoms with van der Waals surface area (Å²) in [5.41, 5.74) is 7.72. The molecule has 2 N–H and O–H groups in total. The van der Waals surface area contributed by atoms with E-state index in [1.165, 1.54) is 12.1 Å². The number of benzene rings is 1. The zero-order chi connectivity index (χ0) is 12.7. The minimum atomic E-state index is -0.328. The van der Waals surface area contributed by atoms with Gasteiger partial charge in [-0.3, -0.25) is 4.57 Å². The quantitative estimate of drug-likeness (QED) is 0.752. The summed E-state index contributed by atoms with van der Waals surface area (Å²) < 4.78 is 15.7. The van der Waals surface area contributed by atoms with E-state index in [4.69, 9.17) is 5.73 Å². The summed E-state index contributed by atoms with van der Waals surface area (Å²) in [5, 5.41) is 0. The number of hydrogen-bond donors (Lipinski definition) is 1. The number of aromatic nitrogens is 3. The molecule has 4 nitrogen and oxygen atoms in total. The minimum absolute atomic E-state index is 0.279. The van der Waals surface area contributed by atoms with Gasteiger partial charge in [-0.1, -0.05) is 6.07 Å². The number of pyridine rings is 1. The van der Waals surface area contributed by atoms with Gasteiger partial charge in [-0.15, -0.1) is 0 Å². The van der Waals surface area contributed by atoms with Gasteiger partial charge >= 0.3 is 0 Å². The van der Waals surface area contributed by atoms with Crippen LogP contribution in [0.1, 0.15) is 0 Å². The zero-order valence-corrected chi connectivity index (χ0v) is 10.7. The highest BCUT2D eigenvalue weighted by molar-refractivity contribution is 9.10. The van der Waals surface area contributed by atoms with Gasteiger partial charge in [-0.25, -0.2) is 14.4 Å². The predicted octanol–water partition coefficient (Wildman–Crippen LogP) is 2.90. The molecule has 3 aromatic rings. The van der Waals surface area contributed by atoms with Crippen molar-refractivity contribution in [1.82, 2.24) is 14.5 Å². The van der Waals surface area contributed by atoms with Gasteiger partial charge in [0, 0.05) is 10.7 Å². The summed E-state index contributed by atoms with van der Waals surface area (Å²) >= 11 is 3.32. The van der Waals surface area contributed by atoms with Crippen molar-refractivity contribution in [2.45, 2.75) is 0 Å². The van der Waals surface area contributed by atoms with E-state index < -0.39 is 0 Å². The van der Waals surface area contributed by atoms with Gasteiger partial charge in [0.05, 0.1) is 5.69 Å². The fourth-order valence-corrected chi connectivity index (χ4v) is 2.15. The van der Waals surface area contributed by atoms with Gasteiger partial charge in [0.2, 0.25) is 5.95 Å². The Morgan fingerprint density at radius 1 is 1.28 bits per heavy atom. The van der Waals surface area contributed by atoms with Gasteiger partial charge in [-0.2, -0.15) is 0 Å². The van der Waals surface area contributed by atoms with Crippen molar-refractivity contribution in [3.8, 4) is 5.69 Å². The van der Waals surface area contributed by atoms with Gasteiger partial charge < -0.3 is 5.73 Å². The number of imidazole rings is 1. The summed E-state index contributed by atoms with van der Waals surface area (Å²) in [7, 11) is 0. The van der Waals surface area contributed by atoms with E-state index in [0.717, 1.165) is 4.47 Å². The molecule has 3 rings (SSSR count). The first kappa shape index (κ1) is 11.2. The highest BCUT2D eigenvalue weighted by Gasteiger charge is 2.11. The molecule has 18 heavy (non-hydrogen) atoms. The van der Waals surface area contributed by atoms with Crippen LogP contribution in [0, 0.1) is 5.82 Å². The molecule has 0 aliphatic heterocycles. The normalized spacial score (nSPS) is 11.0. The van der Waals surface area contributed by atoms with Crippen molar-refractivity contribution in [1.29, 1.82) is 0 Å². The van der Waals surface area contributed by atoms with Crippen LogP contribution in [0.2, 0.25) is 0 Å². The van der Waals surface area contributed by atoms with Crippen LogP contribution in [-0.4, -0.2) is 14.5 Å². The molecule has 0 saturated carbocycles. The average molecular weight is 307 g/mol.